The van der Waals surface area contributed by atoms with Crippen LogP contribution in [-0.2, 0) is 6.54 Å². The molecule has 1 atom stereocenters. The second kappa shape index (κ2) is 8.24. The number of benzene rings is 1. The van der Waals surface area contributed by atoms with Crippen LogP contribution in [0.5, 0.6) is 11.5 Å². The van der Waals surface area contributed by atoms with Gasteiger partial charge in [-0.2, -0.15) is 0 Å². The quantitative estimate of drug-likeness (QED) is 0.616. The summed E-state index contributed by atoms with van der Waals surface area (Å²) < 4.78 is 10.8. The molecular weight excluding hydrogens is 304 g/mol. The zero-order chi connectivity index (χ0) is 16.8. The summed E-state index contributed by atoms with van der Waals surface area (Å²) in [5.41, 5.74) is 1.12. The molecule has 2 N–H and O–H groups in total. The summed E-state index contributed by atoms with van der Waals surface area (Å²) in [4.78, 5) is 7.24. The number of guanidine groups is 1. The summed E-state index contributed by atoms with van der Waals surface area (Å²) >= 11 is 0. The van der Waals surface area contributed by atoms with Crippen LogP contribution in [0.25, 0.3) is 0 Å². The van der Waals surface area contributed by atoms with Crippen LogP contribution in [0.1, 0.15) is 32.3 Å². The van der Waals surface area contributed by atoms with Gasteiger partial charge in [-0.3, -0.25) is 4.90 Å². The van der Waals surface area contributed by atoms with Gasteiger partial charge in [0.05, 0.1) is 6.54 Å². The fourth-order valence-corrected chi connectivity index (χ4v) is 3.31. The van der Waals surface area contributed by atoms with E-state index in [1.165, 1.54) is 19.4 Å². The van der Waals surface area contributed by atoms with Crippen LogP contribution in [-0.4, -0.2) is 49.9 Å². The van der Waals surface area contributed by atoms with Gasteiger partial charge in [0.1, 0.15) is 0 Å². The maximum atomic E-state index is 5.43. The van der Waals surface area contributed by atoms with Crippen LogP contribution in [0, 0.1) is 0 Å². The van der Waals surface area contributed by atoms with Crippen molar-refractivity contribution in [2.75, 3.05) is 33.0 Å². The Kier molecular flexibility index (Phi) is 5.80. The van der Waals surface area contributed by atoms with E-state index in [1.54, 1.807) is 0 Å². The molecule has 1 unspecified atom stereocenters. The smallest absolute Gasteiger partial charge is 0.231 e. The number of rotatable bonds is 6. The minimum atomic E-state index is 0.307. The first-order valence-electron chi connectivity index (χ1n) is 8.95. The molecule has 1 aromatic rings. The molecule has 1 saturated heterocycles. The number of hydrogen-bond acceptors (Lipinski definition) is 4. The Morgan fingerprint density at radius 3 is 2.96 bits per heavy atom. The van der Waals surface area contributed by atoms with Gasteiger partial charge in [0.2, 0.25) is 6.79 Å². The fraction of sp³-hybridized carbons (Fsp3) is 0.611. The highest BCUT2D eigenvalue weighted by Crippen LogP contribution is 2.32. The average Bonchev–Trinajstić information content (AvgIpc) is 3.25. The fourth-order valence-electron chi connectivity index (χ4n) is 3.31. The van der Waals surface area contributed by atoms with Crippen molar-refractivity contribution in [3.05, 3.63) is 23.8 Å². The van der Waals surface area contributed by atoms with Crippen molar-refractivity contribution in [3.8, 4) is 11.5 Å². The van der Waals surface area contributed by atoms with E-state index in [0.717, 1.165) is 42.7 Å². The minimum absolute atomic E-state index is 0.307. The number of likely N-dealkylation sites (N-methyl/N-ethyl adjacent to an activating group) is 1. The molecule has 0 aromatic heterocycles. The van der Waals surface area contributed by atoms with E-state index in [2.05, 4.69) is 29.4 Å². The molecule has 132 valence electrons. The van der Waals surface area contributed by atoms with E-state index < -0.39 is 0 Å². The minimum Gasteiger partial charge on any atom is -0.454 e. The number of nitrogens with one attached hydrogen (secondary N) is 2. The third kappa shape index (κ3) is 4.12. The molecule has 2 aliphatic heterocycles. The Balaban J connectivity index is 1.57. The molecule has 0 radical (unpaired) electrons. The summed E-state index contributed by atoms with van der Waals surface area (Å²) in [5, 5.41) is 6.82. The molecule has 0 spiro atoms. The lowest BCUT2D eigenvalue weighted by Gasteiger charge is -2.24. The number of aliphatic imine (C=N–C) groups is 1. The Morgan fingerprint density at radius 1 is 1.25 bits per heavy atom. The van der Waals surface area contributed by atoms with Gasteiger partial charge in [-0.1, -0.05) is 13.0 Å². The van der Waals surface area contributed by atoms with E-state index in [0.29, 0.717) is 19.4 Å². The van der Waals surface area contributed by atoms with Crippen LogP contribution >= 0.6 is 0 Å². The molecule has 6 heteroatoms. The number of likely N-dealkylation sites (tertiary alicyclic amines) is 1. The molecular formula is C18H28N4O2. The summed E-state index contributed by atoms with van der Waals surface area (Å²) in [7, 11) is 0. The lowest BCUT2D eigenvalue weighted by molar-refractivity contribution is 0.174. The normalized spacial score (nSPS) is 20.4. The van der Waals surface area contributed by atoms with Gasteiger partial charge in [0.25, 0.3) is 0 Å². The van der Waals surface area contributed by atoms with Crippen molar-refractivity contribution in [1.82, 2.24) is 15.5 Å². The summed E-state index contributed by atoms with van der Waals surface area (Å²) in [6, 6.07) is 6.61. The monoisotopic (exact) mass is 332 g/mol. The topological polar surface area (TPSA) is 58.1 Å². The van der Waals surface area contributed by atoms with Crippen molar-refractivity contribution in [3.63, 3.8) is 0 Å². The Labute approximate surface area is 144 Å². The predicted octanol–water partition coefficient (Wildman–Crippen LogP) is 1.95. The largest absolute Gasteiger partial charge is 0.454 e. The van der Waals surface area contributed by atoms with Gasteiger partial charge < -0.3 is 20.1 Å². The van der Waals surface area contributed by atoms with Crippen LogP contribution in [0.4, 0.5) is 0 Å². The zero-order valence-electron chi connectivity index (χ0n) is 14.7. The molecule has 0 aliphatic carbocycles. The van der Waals surface area contributed by atoms with E-state index >= 15 is 0 Å². The molecule has 2 heterocycles. The van der Waals surface area contributed by atoms with E-state index in [4.69, 9.17) is 14.5 Å². The van der Waals surface area contributed by atoms with Gasteiger partial charge in [-0.25, -0.2) is 4.99 Å². The molecule has 2 aliphatic rings. The van der Waals surface area contributed by atoms with Gasteiger partial charge in [0.15, 0.2) is 17.5 Å². The molecule has 0 amide bonds. The van der Waals surface area contributed by atoms with Crippen LogP contribution in [0.3, 0.4) is 0 Å². The molecule has 1 fully saturated rings. The standard InChI is InChI=1S/C18H28N4O2/c1-3-19-18(21-12-15-6-5-9-22(15)4-2)20-11-14-7-8-16-17(10-14)24-13-23-16/h7-8,10,15H,3-6,9,11-13H2,1-2H3,(H2,19,20,21). The van der Waals surface area contributed by atoms with Gasteiger partial charge in [0, 0.05) is 19.1 Å². The Bertz CT molecular complexity index is 576. The number of ether oxygens (including phenoxy) is 2. The van der Waals surface area contributed by atoms with Crippen LogP contribution < -0.4 is 20.1 Å². The first kappa shape index (κ1) is 16.9. The lowest BCUT2D eigenvalue weighted by atomic mass is 10.2. The van der Waals surface area contributed by atoms with Crippen LogP contribution in [0.15, 0.2) is 23.2 Å². The number of hydrogen-bond donors (Lipinski definition) is 2. The zero-order valence-corrected chi connectivity index (χ0v) is 14.7. The van der Waals surface area contributed by atoms with E-state index in [-0.39, 0.29) is 0 Å². The van der Waals surface area contributed by atoms with Crippen molar-refractivity contribution in [2.24, 2.45) is 4.99 Å². The van der Waals surface area contributed by atoms with Gasteiger partial charge in [-0.15, -0.1) is 0 Å². The Morgan fingerprint density at radius 2 is 2.12 bits per heavy atom. The maximum Gasteiger partial charge on any atom is 0.231 e. The van der Waals surface area contributed by atoms with Crippen molar-refractivity contribution in [1.29, 1.82) is 0 Å². The Hall–Kier alpha value is -1.95. The number of nitrogens with zero attached hydrogens (tertiary/aromatic N) is 2. The van der Waals surface area contributed by atoms with Crippen molar-refractivity contribution in [2.45, 2.75) is 39.3 Å². The second-order valence-corrected chi connectivity index (χ2v) is 6.19. The number of fused-ring (bicyclic) bond motifs is 1. The van der Waals surface area contributed by atoms with E-state index in [9.17, 15) is 0 Å². The first-order valence-corrected chi connectivity index (χ1v) is 8.95. The second-order valence-electron chi connectivity index (χ2n) is 6.19. The third-order valence-corrected chi connectivity index (χ3v) is 4.61. The highest BCUT2D eigenvalue weighted by atomic mass is 16.7. The summed E-state index contributed by atoms with van der Waals surface area (Å²) in [6.45, 7) is 9.39. The summed E-state index contributed by atoms with van der Waals surface area (Å²) in [5.74, 6) is 2.50. The molecule has 3 rings (SSSR count). The van der Waals surface area contributed by atoms with E-state index in [1.807, 2.05) is 18.2 Å². The molecule has 0 saturated carbocycles. The van der Waals surface area contributed by atoms with Gasteiger partial charge in [-0.05, 0) is 50.6 Å². The SMILES string of the molecule is CCNC(=NCc1ccc2c(c1)OCO2)NCC1CCCN1CC. The van der Waals surface area contributed by atoms with Crippen LogP contribution in [0.2, 0.25) is 0 Å². The molecule has 1 aromatic carbocycles. The van der Waals surface area contributed by atoms with Crippen molar-refractivity contribution >= 4 is 5.96 Å². The van der Waals surface area contributed by atoms with Gasteiger partial charge >= 0.3 is 0 Å². The molecule has 6 nitrogen and oxygen atoms in total. The third-order valence-electron chi connectivity index (χ3n) is 4.61. The highest BCUT2D eigenvalue weighted by Gasteiger charge is 2.22. The maximum absolute atomic E-state index is 5.43. The van der Waals surface area contributed by atoms with Crippen molar-refractivity contribution < 1.29 is 9.47 Å². The highest BCUT2D eigenvalue weighted by molar-refractivity contribution is 5.79. The first-order chi connectivity index (χ1) is 11.8. The predicted molar refractivity (Wildman–Crippen MR) is 95.7 cm³/mol. The molecule has 0 bridgehead atoms. The summed E-state index contributed by atoms with van der Waals surface area (Å²) in [6.07, 6.45) is 2.56. The average molecular weight is 332 g/mol. The molecule has 24 heavy (non-hydrogen) atoms. The lowest BCUT2D eigenvalue weighted by Crippen LogP contribution is -2.44.